The first kappa shape index (κ1) is 11.0. The van der Waals surface area contributed by atoms with E-state index in [1.807, 2.05) is 0 Å². The fourth-order valence-electron chi connectivity index (χ4n) is 0.150. The van der Waals surface area contributed by atoms with Crippen LogP contribution in [0.15, 0.2) is 0 Å². The number of hydrogen-bond donors (Lipinski definition) is 1. The van der Waals surface area contributed by atoms with Gasteiger partial charge in [-0.3, -0.25) is 4.55 Å². The highest BCUT2D eigenvalue weighted by atomic mass is 127. The van der Waals surface area contributed by atoms with Crippen LogP contribution in [-0.4, -0.2) is 24.2 Å². The molecule has 0 aromatic carbocycles. The molecule has 0 spiro atoms. The highest BCUT2D eigenvalue weighted by molar-refractivity contribution is 14.1. The van der Waals surface area contributed by atoms with Crippen LogP contribution in [0.5, 0.6) is 0 Å². The highest BCUT2D eigenvalue weighted by Crippen LogP contribution is 2.22. The number of carbonyl (C=O) groups is 1. The molecule has 0 aliphatic rings. The third-order valence-electron chi connectivity index (χ3n) is 0.632. The molecular formula is C2HF2IO5S. The lowest BCUT2D eigenvalue weighted by atomic mass is 10.7. The summed E-state index contributed by atoms with van der Waals surface area (Å²) in [4.78, 5) is 9.96. The predicted octanol–water partition coefficient (Wildman–Crippen LogP) is 0.360. The van der Waals surface area contributed by atoms with E-state index in [0.29, 0.717) is 0 Å². The maximum absolute atomic E-state index is 12.0. The van der Waals surface area contributed by atoms with Gasteiger partial charge in [-0.2, -0.15) is 17.2 Å². The van der Waals surface area contributed by atoms with Gasteiger partial charge in [0.2, 0.25) is 0 Å². The summed E-state index contributed by atoms with van der Waals surface area (Å²) in [6.07, 6.45) is 0. The fourth-order valence-corrected chi connectivity index (χ4v) is 0.828. The van der Waals surface area contributed by atoms with Gasteiger partial charge in [-0.25, -0.2) is 4.79 Å². The first-order valence-corrected chi connectivity index (χ1v) is 4.23. The Morgan fingerprint density at radius 2 is 1.91 bits per heavy atom. The summed E-state index contributed by atoms with van der Waals surface area (Å²) in [5.41, 5.74) is 0. The molecule has 0 aromatic heterocycles. The van der Waals surface area contributed by atoms with Crippen LogP contribution >= 0.6 is 23.0 Å². The van der Waals surface area contributed by atoms with Gasteiger partial charge in [-0.05, 0) is 0 Å². The van der Waals surface area contributed by atoms with Crippen LogP contribution < -0.4 is 0 Å². The molecule has 0 atom stereocenters. The van der Waals surface area contributed by atoms with Crippen molar-refractivity contribution in [2.24, 2.45) is 0 Å². The van der Waals surface area contributed by atoms with Gasteiger partial charge in [0, 0.05) is 0 Å². The van der Waals surface area contributed by atoms with Gasteiger partial charge < -0.3 is 3.07 Å². The molecule has 0 fully saturated rings. The van der Waals surface area contributed by atoms with Crippen molar-refractivity contribution in [1.29, 1.82) is 0 Å². The molecule has 66 valence electrons. The summed E-state index contributed by atoms with van der Waals surface area (Å²) in [7, 11) is -5.73. The van der Waals surface area contributed by atoms with Crippen LogP contribution in [0, 0.1) is 0 Å². The van der Waals surface area contributed by atoms with Crippen molar-refractivity contribution in [3.05, 3.63) is 0 Å². The van der Waals surface area contributed by atoms with Crippen molar-refractivity contribution in [2.75, 3.05) is 0 Å². The summed E-state index contributed by atoms with van der Waals surface area (Å²) in [6.45, 7) is 0. The number of rotatable bonds is 2. The SMILES string of the molecule is O=C(OI)C(F)(F)S(=O)(=O)O. The molecule has 0 aliphatic heterocycles. The summed E-state index contributed by atoms with van der Waals surface area (Å²) in [6, 6.07) is 0. The van der Waals surface area contributed by atoms with E-state index in [0.717, 1.165) is 23.0 Å². The molecule has 0 unspecified atom stereocenters. The summed E-state index contributed by atoms with van der Waals surface area (Å²) in [5, 5.41) is -4.89. The normalized spacial score (nSPS) is 12.7. The zero-order chi connectivity index (χ0) is 9.28. The monoisotopic (exact) mass is 302 g/mol. The second kappa shape index (κ2) is 3.15. The van der Waals surface area contributed by atoms with Crippen LogP contribution in [0.4, 0.5) is 8.78 Å². The average molecular weight is 302 g/mol. The van der Waals surface area contributed by atoms with Gasteiger partial charge in [-0.1, -0.05) is 0 Å². The minimum absolute atomic E-state index is 0.774. The molecule has 0 rings (SSSR count). The Hall–Kier alpha value is -0.0300. The molecule has 1 N–H and O–H groups in total. The standard InChI is InChI=1S/C2HF2IO5S/c3-2(4,1(6)10-5)11(7,8)9/h(H,7,8,9). The zero-order valence-corrected chi connectivity index (χ0v) is 7.60. The topological polar surface area (TPSA) is 80.7 Å². The Morgan fingerprint density at radius 1 is 1.55 bits per heavy atom. The first-order valence-electron chi connectivity index (χ1n) is 1.91. The van der Waals surface area contributed by atoms with Crippen molar-refractivity contribution in [1.82, 2.24) is 0 Å². The zero-order valence-electron chi connectivity index (χ0n) is 4.62. The molecule has 9 heteroatoms. The van der Waals surface area contributed by atoms with E-state index < -0.39 is 21.3 Å². The van der Waals surface area contributed by atoms with Crippen molar-refractivity contribution in [3.8, 4) is 0 Å². The van der Waals surface area contributed by atoms with Gasteiger partial charge >= 0.3 is 21.3 Å². The van der Waals surface area contributed by atoms with E-state index in [1.165, 1.54) is 0 Å². The minimum atomic E-state index is -5.73. The Bertz CT molecular complexity index is 258. The average Bonchev–Trinajstić information content (AvgIpc) is 1.83. The van der Waals surface area contributed by atoms with Gasteiger partial charge in [-0.15, -0.1) is 0 Å². The molecule has 0 amide bonds. The summed E-state index contributed by atoms with van der Waals surface area (Å²) < 4.78 is 54.7. The van der Waals surface area contributed by atoms with Crippen molar-refractivity contribution < 1.29 is 29.6 Å². The van der Waals surface area contributed by atoms with Crippen LogP contribution in [0.3, 0.4) is 0 Å². The molecule has 0 heterocycles. The van der Waals surface area contributed by atoms with Crippen LogP contribution in [0.25, 0.3) is 0 Å². The summed E-state index contributed by atoms with van der Waals surface area (Å²) >= 11 is 0.774. The maximum Gasteiger partial charge on any atom is 0.466 e. The van der Waals surface area contributed by atoms with Gasteiger partial charge in [0.1, 0.15) is 0 Å². The second-order valence-corrected chi connectivity index (χ2v) is 3.26. The Kier molecular flexibility index (Phi) is 3.14. The molecular weight excluding hydrogens is 301 g/mol. The largest absolute Gasteiger partial charge is 0.466 e. The fraction of sp³-hybridized carbons (Fsp3) is 0.500. The molecule has 0 bridgehead atoms. The summed E-state index contributed by atoms with van der Waals surface area (Å²) in [5.74, 6) is -2.33. The second-order valence-electron chi connectivity index (χ2n) is 1.36. The highest BCUT2D eigenvalue weighted by Gasteiger charge is 2.54. The minimum Gasteiger partial charge on any atom is -0.389 e. The Morgan fingerprint density at radius 3 is 2.00 bits per heavy atom. The Balaban J connectivity index is 4.90. The molecule has 0 aliphatic carbocycles. The van der Waals surface area contributed by atoms with Gasteiger partial charge in [0.25, 0.3) is 0 Å². The van der Waals surface area contributed by atoms with Gasteiger partial charge in [0.05, 0.1) is 0 Å². The van der Waals surface area contributed by atoms with Crippen molar-refractivity contribution in [2.45, 2.75) is 5.25 Å². The van der Waals surface area contributed by atoms with E-state index in [4.69, 9.17) is 4.55 Å². The van der Waals surface area contributed by atoms with E-state index >= 15 is 0 Å². The molecule has 5 nitrogen and oxygen atoms in total. The van der Waals surface area contributed by atoms with E-state index in [1.54, 1.807) is 0 Å². The Labute approximate surface area is 74.2 Å². The van der Waals surface area contributed by atoms with Crippen LogP contribution in [0.1, 0.15) is 0 Å². The maximum atomic E-state index is 12.0. The van der Waals surface area contributed by atoms with E-state index in [2.05, 4.69) is 3.07 Å². The van der Waals surface area contributed by atoms with Gasteiger partial charge in [0.15, 0.2) is 23.0 Å². The molecule has 0 aromatic rings. The van der Waals surface area contributed by atoms with E-state index in [9.17, 15) is 22.0 Å². The lowest BCUT2D eigenvalue weighted by Crippen LogP contribution is -2.37. The van der Waals surface area contributed by atoms with Crippen LogP contribution in [-0.2, 0) is 18.0 Å². The number of hydrogen-bond acceptors (Lipinski definition) is 4. The number of alkyl halides is 2. The number of carbonyl (C=O) groups excluding carboxylic acids is 1. The van der Waals surface area contributed by atoms with Crippen molar-refractivity contribution >= 4 is 39.1 Å². The third-order valence-corrected chi connectivity index (χ3v) is 1.85. The lowest BCUT2D eigenvalue weighted by molar-refractivity contribution is -0.147. The number of halogens is 3. The van der Waals surface area contributed by atoms with Crippen molar-refractivity contribution in [3.63, 3.8) is 0 Å². The van der Waals surface area contributed by atoms with E-state index in [-0.39, 0.29) is 0 Å². The first-order chi connectivity index (χ1) is 4.73. The quantitative estimate of drug-likeness (QED) is 0.588. The molecule has 11 heavy (non-hydrogen) atoms. The van der Waals surface area contributed by atoms with Crippen LogP contribution in [0.2, 0.25) is 0 Å². The lowest BCUT2D eigenvalue weighted by Gasteiger charge is -2.07. The smallest absolute Gasteiger partial charge is 0.389 e. The molecule has 0 radical (unpaired) electrons. The predicted molar refractivity (Wildman–Crippen MR) is 36.6 cm³/mol. The molecule has 0 saturated heterocycles. The molecule has 0 saturated carbocycles. The third kappa shape index (κ3) is 2.20.